The van der Waals surface area contributed by atoms with Crippen LogP contribution in [0.1, 0.15) is 25.7 Å². The fourth-order valence-electron chi connectivity index (χ4n) is 4.94. The summed E-state index contributed by atoms with van der Waals surface area (Å²) in [5, 5.41) is 7.79. The van der Waals surface area contributed by atoms with Crippen molar-refractivity contribution in [1.82, 2.24) is 39.0 Å². The predicted octanol–water partition coefficient (Wildman–Crippen LogP) is 1.60. The molecule has 0 spiro atoms. The van der Waals surface area contributed by atoms with Crippen molar-refractivity contribution in [3.8, 4) is 6.01 Å². The smallest absolute Gasteiger partial charge is 0.321 e. The van der Waals surface area contributed by atoms with E-state index in [9.17, 15) is 4.79 Å². The zero-order valence-corrected chi connectivity index (χ0v) is 21.7. The average molecular weight is 521 g/mol. The Morgan fingerprint density at radius 3 is 2.76 bits per heavy atom. The van der Waals surface area contributed by atoms with Crippen LogP contribution in [-0.2, 0) is 16.1 Å². The molecule has 38 heavy (non-hydrogen) atoms. The molecule has 1 aliphatic heterocycles. The van der Waals surface area contributed by atoms with Gasteiger partial charge >= 0.3 is 6.01 Å². The van der Waals surface area contributed by atoms with Crippen LogP contribution in [0, 0.1) is 0 Å². The number of hydrogen-bond donors (Lipinski definition) is 1. The van der Waals surface area contributed by atoms with E-state index in [2.05, 4.69) is 30.3 Å². The zero-order valence-electron chi connectivity index (χ0n) is 21.7. The molecule has 1 saturated heterocycles. The second-order valence-corrected chi connectivity index (χ2v) is 9.96. The molecular formula is C25H32N10O3. The highest BCUT2D eigenvalue weighted by Crippen LogP contribution is 2.27. The molecule has 0 atom stereocenters. The van der Waals surface area contributed by atoms with Crippen LogP contribution in [-0.4, -0.2) is 97.5 Å². The maximum atomic E-state index is 12.1. The third-order valence-electron chi connectivity index (χ3n) is 7.16. The third-order valence-corrected chi connectivity index (χ3v) is 7.16. The number of nitrogens with one attached hydrogen (secondary N) is 1. The van der Waals surface area contributed by atoms with Crippen LogP contribution in [0.25, 0.3) is 16.7 Å². The monoisotopic (exact) mass is 520 g/mol. The minimum absolute atomic E-state index is 0.0243. The second kappa shape index (κ2) is 10.4. The number of hydrogen-bond acceptors (Lipinski definition) is 10. The maximum Gasteiger partial charge on any atom is 0.321 e. The minimum atomic E-state index is 0.0243. The number of rotatable bonds is 7. The molecule has 2 fully saturated rings. The van der Waals surface area contributed by atoms with E-state index in [1.807, 2.05) is 22.9 Å². The minimum Gasteiger partial charge on any atom is -0.460 e. The van der Waals surface area contributed by atoms with Crippen LogP contribution in [0.15, 0.2) is 30.9 Å². The van der Waals surface area contributed by atoms with Gasteiger partial charge in [0.25, 0.3) is 0 Å². The molecule has 13 nitrogen and oxygen atoms in total. The van der Waals surface area contributed by atoms with Gasteiger partial charge in [-0.1, -0.05) is 0 Å². The summed E-state index contributed by atoms with van der Waals surface area (Å²) in [5.74, 6) is 1.46. The fourth-order valence-corrected chi connectivity index (χ4v) is 4.94. The number of carbonyl (C=O) groups is 1. The molecule has 13 heteroatoms. The van der Waals surface area contributed by atoms with E-state index in [0.29, 0.717) is 25.2 Å². The standard InChI is InChI=1S/C25H32N10O3/c1-32(2)23(36)15-34-8-7-19-20(34)14-26-24(30-19)29-17-3-5-18(6-4-17)38-25-31-22(33-9-11-37-12-10-33)13-21-27-16-28-35(21)25/h7-8,13-14,16-18H,3-6,9-12,15H2,1-2H3,(H,26,29,30). The quantitative estimate of drug-likeness (QED) is 0.384. The van der Waals surface area contributed by atoms with Gasteiger partial charge in [0.2, 0.25) is 11.9 Å². The molecule has 1 amide bonds. The molecule has 6 rings (SSSR count). The van der Waals surface area contributed by atoms with Crippen LogP contribution in [0.3, 0.4) is 0 Å². The van der Waals surface area contributed by atoms with E-state index in [4.69, 9.17) is 14.5 Å². The van der Waals surface area contributed by atoms with Crippen molar-refractivity contribution in [3.05, 3.63) is 30.9 Å². The van der Waals surface area contributed by atoms with Gasteiger partial charge in [-0.2, -0.15) is 14.6 Å². The van der Waals surface area contributed by atoms with Gasteiger partial charge in [-0.05, 0) is 31.7 Å². The molecule has 200 valence electrons. The number of anilines is 2. The van der Waals surface area contributed by atoms with Crippen molar-refractivity contribution in [3.63, 3.8) is 0 Å². The number of morpholine rings is 1. The Morgan fingerprint density at radius 2 is 1.97 bits per heavy atom. The summed E-state index contributed by atoms with van der Waals surface area (Å²) in [7, 11) is 3.50. The summed E-state index contributed by atoms with van der Waals surface area (Å²) in [6.45, 7) is 3.22. The van der Waals surface area contributed by atoms with Crippen LogP contribution in [0.4, 0.5) is 11.8 Å². The van der Waals surface area contributed by atoms with Crippen molar-refractivity contribution < 1.29 is 14.3 Å². The largest absolute Gasteiger partial charge is 0.460 e. The normalized spacial score (nSPS) is 20.1. The van der Waals surface area contributed by atoms with E-state index in [0.717, 1.165) is 61.3 Å². The molecule has 5 heterocycles. The molecule has 1 N–H and O–H groups in total. The van der Waals surface area contributed by atoms with Crippen molar-refractivity contribution in [2.24, 2.45) is 0 Å². The third kappa shape index (κ3) is 5.05. The molecule has 0 radical (unpaired) electrons. The number of aromatic nitrogens is 7. The summed E-state index contributed by atoms with van der Waals surface area (Å²) in [4.78, 5) is 34.2. The highest BCUT2D eigenvalue weighted by molar-refractivity contribution is 5.80. The Morgan fingerprint density at radius 1 is 1.16 bits per heavy atom. The highest BCUT2D eigenvalue weighted by Gasteiger charge is 2.25. The Hall–Kier alpha value is -4.00. The lowest BCUT2D eigenvalue weighted by molar-refractivity contribution is -0.129. The first kappa shape index (κ1) is 24.3. The number of amides is 1. The van der Waals surface area contributed by atoms with E-state index in [-0.39, 0.29) is 24.6 Å². The summed E-state index contributed by atoms with van der Waals surface area (Å²) in [6.07, 6.45) is 8.83. The number of fused-ring (bicyclic) bond motifs is 2. The van der Waals surface area contributed by atoms with Gasteiger partial charge in [-0.3, -0.25) is 4.79 Å². The SMILES string of the molecule is CN(C)C(=O)Cn1ccc2nc(NC3CCC(Oc4nc(N5CCOCC5)cc5ncnn45)CC3)ncc21. The molecule has 0 bridgehead atoms. The maximum absolute atomic E-state index is 12.1. The van der Waals surface area contributed by atoms with E-state index in [1.165, 1.54) is 6.33 Å². The Balaban J connectivity index is 1.08. The lowest BCUT2D eigenvalue weighted by Crippen LogP contribution is -2.37. The van der Waals surface area contributed by atoms with Crippen molar-refractivity contribution in [2.75, 3.05) is 50.6 Å². The summed E-state index contributed by atoms with van der Waals surface area (Å²) < 4.78 is 15.4. The van der Waals surface area contributed by atoms with Crippen LogP contribution < -0.4 is 15.0 Å². The van der Waals surface area contributed by atoms with E-state index in [1.54, 1.807) is 29.7 Å². The molecule has 0 aromatic carbocycles. The molecular weight excluding hydrogens is 488 g/mol. The molecule has 1 saturated carbocycles. The number of likely N-dealkylation sites (N-methyl/N-ethyl adjacent to an activating group) is 1. The summed E-state index contributed by atoms with van der Waals surface area (Å²) in [6, 6.07) is 4.59. The first-order valence-corrected chi connectivity index (χ1v) is 13.0. The average Bonchev–Trinajstić information content (AvgIpc) is 3.57. The van der Waals surface area contributed by atoms with E-state index < -0.39 is 0 Å². The van der Waals surface area contributed by atoms with Crippen LogP contribution in [0.5, 0.6) is 6.01 Å². The van der Waals surface area contributed by atoms with Gasteiger partial charge in [-0.25, -0.2) is 15.0 Å². The molecule has 0 unspecified atom stereocenters. The van der Waals surface area contributed by atoms with Gasteiger partial charge in [0.1, 0.15) is 24.8 Å². The molecule has 4 aromatic heterocycles. The Kier molecular flexibility index (Phi) is 6.66. The number of nitrogens with zero attached hydrogens (tertiary/aromatic N) is 9. The Bertz CT molecular complexity index is 1420. The van der Waals surface area contributed by atoms with Crippen molar-refractivity contribution in [1.29, 1.82) is 0 Å². The van der Waals surface area contributed by atoms with Gasteiger partial charge in [0, 0.05) is 45.5 Å². The first-order valence-electron chi connectivity index (χ1n) is 13.0. The molecule has 4 aromatic rings. The van der Waals surface area contributed by atoms with Gasteiger partial charge in [0.05, 0.1) is 30.4 Å². The second-order valence-electron chi connectivity index (χ2n) is 9.96. The summed E-state index contributed by atoms with van der Waals surface area (Å²) >= 11 is 0. The van der Waals surface area contributed by atoms with Gasteiger partial charge < -0.3 is 29.2 Å². The molecule has 1 aliphatic carbocycles. The predicted molar refractivity (Wildman–Crippen MR) is 140 cm³/mol. The summed E-state index contributed by atoms with van der Waals surface area (Å²) in [5.41, 5.74) is 2.38. The number of carbonyl (C=O) groups excluding carboxylic acids is 1. The van der Waals surface area contributed by atoms with E-state index >= 15 is 0 Å². The van der Waals surface area contributed by atoms with Crippen molar-refractivity contribution in [2.45, 2.75) is 44.4 Å². The van der Waals surface area contributed by atoms with Crippen molar-refractivity contribution >= 4 is 34.4 Å². The topological polar surface area (TPSA) is 128 Å². The fraction of sp³-hybridized carbons (Fsp3) is 0.520. The van der Waals surface area contributed by atoms with Crippen LogP contribution in [0.2, 0.25) is 0 Å². The highest BCUT2D eigenvalue weighted by atomic mass is 16.5. The molecule has 2 aliphatic rings. The lowest BCUT2D eigenvalue weighted by Gasteiger charge is -2.30. The van der Waals surface area contributed by atoms with Gasteiger partial charge in [0.15, 0.2) is 5.65 Å². The Labute approximate surface area is 219 Å². The van der Waals surface area contributed by atoms with Crippen LogP contribution >= 0.6 is 0 Å². The zero-order chi connectivity index (χ0) is 26.1. The lowest BCUT2D eigenvalue weighted by atomic mass is 9.93. The first-order chi connectivity index (χ1) is 18.5. The number of ether oxygens (including phenoxy) is 2. The van der Waals surface area contributed by atoms with Gasteiger partial charge in [-0.15, -0.1) is 0 Å².